The average Bonchev–Trinajstić information content (AvgIpc) is 3.37. The van der Waals surface area contributed by atoms with Crippen LogP contribution in [0, 0.1) is 5.92 Å². The third kappa shape index (κ3) is 5.36. The number of methoxy groups -OCH3 is 2. The summed E-state index contributed by atoms with van der Waals surface area (Å²) in [6.45, 7) is 2.32. The molecule has 0 bridgehead atoms. The highest BCUT2D eigenvalue weighted by molar-refractivity contribution is 5.78. The van der Waals surface area contributed by atoms with Crippen molar-refractivity contribution in [1.82, 2.24) is 19.5 Å². The molecule has 3 heterocycles. The number of hydrogen-bond donors (Lipinski definition) is 0. The van der Waals surface area contributed by atoms with Gasteiger partial charge in [-0.1, -0.05) is 19.4 Å². The van der Waals surface area contributed by atoms with Crippen LogP contribution < -0.4 is 9.47 Å². The minimum atomic E-state index is -4.65. The maximum absolute atomic E-state index is 13.8. The standard InChI is InChI=1S/C25H29F3N4O3/c1-4-5-16-12-23(33)31(14-16)15-20-24(25(26,27)28)29-22-11-9-18(30-32(20)22)8-6-17-7-10-19(34-2)13-21(17)35-3/h7,9-11,13,16H,4-6,8,12,14-15H2,1-3H3. The van der Waals surface area contributed by atoms with E-state index in [1.54, 1.807) is 26.4 Å². The van der Waals surface area contributed by atoms with Gasteiger partial charge in [-0.3, -0.25) is 4.79 Å². The smallest absolute Gasteiger partial charge is 0.435 e. The first-order valence-electron chi connectivity index (χ1n) is 11.7. The van der Waals surface area contributed by atoms with Gasteiger partial charge in [0.25, 0.3) is 0 Å². The lowest BCUT2D eigenvalue weighted by Crippen LogP contribution is -2.27. The van der Waals surface area contributed by atoms with E-state index in [9.17, 15) is 18.0 Å². The molecule has 1 unspecified atom stereocenters. The van der Waals surface area contributed by atoms with Crippen LogP contribution >= 0.6 is 0 Å². The summed E-state index contributed by atoms with van der Waals surface area (Å²) < 4.78 is 53.4. The van der Waals surface area contributed by atoms with Crippen molar-refractivity contribution < 1.29 is 27.4 Å². The number of halogens is 3. The number of alkyl halides is 3. The van der Waals surface area contributed by atoms with Crippen molar-refractivity contribution in [1.29, 1.82) is 0 Å². The highest BCUT2D eigenvalue weighted by atomic mass is 19.4. The Morgan fingerprint density at radius 1 is 1.11 bits per heavy atom. The van der Waals surface area contributed by atoms with Crippen LogP contribution in [0.15, 0.2) is 30.3 Å². The monoisotopic (exact) mass is 490 g/mol. The number of ether oxygens (including phenoxy) is 2. The summed E-state index contributed by atoms with van der Waals surface area (Å²) in [6, 6.07) is 8.73. The fourth-order valence-corrected chi connectivity index (χ4v) is 4.63. The summed E-state index contributed by atoms with van der Waals surface area (Å²) in [5, 5.41) is 4.49. The van der Waals surface area contributed by atoms with Gasteiger partial charge < -0.3 is 14.4 Å². The van der Waals surface area contributed by atoms with Crippen LogP contribution in [0.1, 0.15) is 48.8 Å². The van der Waals surface area contributed by atoms with E-state index >= 15 is 0 Å². The zero-order valence-corrected chi connectivity index (χ0v) is 20.1. The van der Waals surface area contributed by atoms with Crippen LogP contribution in [0.2, 0.25) is 0 Å². The van der Waals surface area contributed by atoms with E-state index in [4.69, 9.17) is 9.47 Å². The van der Waals surface area contributed by atoms with E-state index in [1.807, 2.05) is 19.1 Å². The molecule has 10 heteroatoms. The zero-order valence-electron chi connectivity index (χ0n) is 20.1. The number of imidazole rings is 1. The van der Waals surface area contributed by atoms with Crippen LogP contribution in [-0.4, -0.2) is 46.2 Å². The van der Waals surface area contributed by atoms with Gasteiger partial charge >= 0.3 is 6.18 Å². The Balaban J connectivity index is 1.62. The molecule has 188 valence electrons. The minimum Gasteiger partial charge on any atom is -0.497 e. The molecule has 1 aliphatic heterocycles. The first kappa shape index (κ1) is 24.8. The Labute approximate surface area is 201 Å². The molecule has 1 aliphatic rings. The van der Waals surface area contributed by atoms with Gasteiger partial charge in [-0.2, -0.15) is 18.3 Å². The van der Waals surface area contributed by atoms with Crippen molar-refractivity contribution in [3.8, 4) is 11.5 Å². The SMILES string of the molecule is CCCC1CC(=O)N(Cc2c(C(F)(F)F)nc3ccc(CCc4ccc(OC)cc4OC)nn23)C1. The number of carbonyl (C=O) groups is 1. The second kappa shape index (κ2) is 10.1. The van der Waals surface area contributed by atoms with E-state index in [0.29, 0.717) is 43.0 Å². The number of hydrogen-bond acceptors (Lipinski definition) is 5. The molecule has 0 aliphatic carbocycles. The molecule has 3 aromatic rings. The Morgan fingerprint density at radius 2 is 1.91 bits per heavy atom. The molecule has 0 N–H and O–H groups in total. The molecule has 35 heavy (non-hydrogen) atoms. The van der Waals surface area contributed by atoms with Crippen molar-refractivity contribution in [2.75, 3.05) is 20.8 Å². The van der Waals surface area contributed by atoms with Crippen molar-refractivity contribution >= 4 is 11.6 Å². The molecule has 1 saturated heterocycles. The lowest BCUT2D eigenvalue weighted by Gasteiger charge is -2.18. The van der Waals surface area contributed by atoms with Crippen LogP contribution in [0.5, 0.6) is 11.5 Å². The van der Waals surface area contributed by atoms with Crippen LogP contribution in [0.4, 0.5) is 13.2 Å². The predicted molar refractivity (Wildman–Crippen MR) is 123 cm³/mol. The first-order valence-corrected chi connectivity index (χ1v) is 11.7. The summed E-state index contributed by atoms with van der Waals surface area (Å²) in [4.78, 5) is 17.8. The molecule has 0 radical (unpaired) electrons. The molecule has 0 saturated carbocycles. The Morgan fingerprint density at radius 3 is 2.60 bits per heavy atom. The van der Waals surface area contributed by atoms with E-state index in [-0.39, 0.29) is 29.7 Å². The Kier molecular flexibility index (Phi) is 7.18. The van der Waals surface area contributed by atoms with Gasteiger partial charge in [-0.05, 0) is 48.9 Å². The van der Waals surface area contributed by atoms with Crippen molar-refractivity contribution in [2.24, 2.45) is 5.92 Å². The average molecular weight is 491 g/mol. The zero-order chi connectivity index (χ0) is 25.2. The number of carbonyl (C=O) groups excluding carboxylic acids is 1. The quantitative estimate of drug-likeness (QED) is 0.435. The molecule has 7 nitrogen and oxygen atoms in total. The van der Waals surface area contributed by atoms with Gasteiger partial charge in [0.05, 0.1) is 32.2 Å². The molecular formula is C25H29F3N4O3. The van der Waals surface area contributed by atoms with Gasteiger partial charge in [0.2, 0.25) is 5.91 Å². The second-order valence-corrected chi connectivity index (χ2v) is 8.81. The maximum Gasteiger partial charge on any atom is 0.435 e. The molecule has 1 amide bonds. The summed E-state index contributed by atoms with van der Waals surface area (Å²) in [7, 11) is 3.15. The largest absolute Gasteiger partial charge is 0.497 e. The lowest BCUT2D eigenvalue weighted by atomic mass is 10.0. The van der Waals surface area contributed by atoms with Gasteiger partial charge in [0.15, 0.2) is 11.3 Å². The topological polar surface area (TPSA) is 69.0 Å². The summed E-state index contributed by atoms with van der Waals surface area (Å²) in [6.07, 6.45) is -1.42. The second-order valence-electron chi connectivity index (χ2n) is 8.81. The number of likely N-dealkylation sites (tertiary alicyclic amines) is 1. The third-order valence-electron chi connectivity index (χ3n) is 6.37. The fourth-order valence-electron chi connectivity index (χ4n) is 4.63. The molecule has 0 spiro atoms. The molecule has 1 aromatic carbocycles. The molecule has 4 rings (SSSR count). The van der Waals surface area contributed by atoms with Gasteiger partial charge in [-0.25, -0.2) is 9.50 Å². The number of aromatic nitrogens is 3. The maximum atomic E-state index is 13.8. The lowest BCUT2D eigenvalue weighted by molar-refractivity contribution is -0.142. The van der Waals surface area contributed by atoms with Crippen LogP contribution in [-0.2, 0) is 30.4 Å². The number of benzene rings is 1. The molecule has 2 aromatic heterocycles. The van der Waals surface area contributed by atoms with E-state index in [0.717, 1.165) is 18.4 Å². The van der Waals surface area contributed by atoms with E-state index < -0.39 is 11.9 Å². The summed E-state index contributed by atoms with van der Waals surface area (Å²) >= 11 is 0. The van der Waals surface area contributed by atoms with E-state index in [1.165, 1.54) is 15.5 Å². The number of amides is 1. The van der Waals surface area contributed by atoms with Crippen LogP contribution in [0.25, 0.3) is 5.65 Å². The first-order chi connectivity index (χ1) is 16.7. The predicted octanol–water partition coefficient (Wildman–Crippen LogP) is 4.70. The number of nitrogens with zero attached hydrogens (tertiary/aromatic N) is 4. The van der Waals surface area contributed by atoms with Crippen molar-refractivity contribution in [2.45, 2.75) is 51.7 Å². The van der Waals surface area contributed by atoms with Gasteiger partial charge in [0.1, 0.15) is 11.5 Å². The van der Waals surface area contributed by atoms with Crippen molar-refractivity contribution in [3.63, 3.8) is 0 Å². The highest BCUT2D eigenvalue weighted by Crippen LogP contribution is 2.34. The van der Waals surface area contributed by atoms with Gasteiger partial charge in [-0.15, -0.1) is 0 Å². The Hall–Kier alpha value is -3.30. The molecular weight excluding hydrogens is 461 g/mol. The van der Waals surface area contributed by atoms with Crippen molar-refractivity contribution in [3.05, 3.63) is 53.0 Å². The summed E-state index contributed by atoms with van der Waals surface area (Å²) in [5.74, 6) is 1.38. The van der Waals surface area contributed by atoms with E-state index in [2.05, 4.69) is 10.1 Å². The van der Waals surface area contributed by atoms with Crippen LogP contribution in [0.3, 0.4) is 0 Å². The molecule has 1 fully saturated rings. The minimum absolute atomic E-state index is 0.106. The summed E-state index contributed by atoms with van der Waals surface area (Å²) in [5.41, 5.74) is 0.545. The fraction of sp³-hybridized carbons (Fsp3) is 0.480. The normalized spacial score (nSPS) is 16.3. The molecule has 1 atom stereocenters. The Bertz CT molecular complexity index is 1210. The van der Waals surface area contributed by atoms with Gasteiger partial charge in [0, 0.05) is 19.0 Å². The third-order valence-corrected chi connectivity index (χ3v) is 6.37. The number of fused-ring (bicyclic) bond motifs is 1. The number of aryl methyl sites for hydroxylation is 2. The number of rotatable bonds is 9. The highest BCUT2D eigenvalue weighted by Gasteiger charge is 2.40.